The van der Waals surface area contributed by atoms with Crippen molar-refractivity contribution >= 4 is 22.8 Å². The number of nitrogens with two attached hydrogens (primary N) is 1. The van der Waals surface area contributed by atoms with Gasteiger partial charge >= 0.3 is 0 Å². The van der Waals surface area contributed by atoms with Crippen molar-refractivity contribution in [2.24, 2.45) is 5.73 Å². The Labute approximate surface area is 153 Å². The summed E-state index contributed by atoms with van der Waals surface area (Å²) in [7, 11) is 0. The van der Waals surface area contributed by atoms with Gasteiger partial charge in [-0.05, 0) is 51.7 Å². The minimum absolute atomic E-state index is 0.343. The van der Waals surface area contributed by atoms with E-state index in [-0.39, 0.29) is 0 Å². The third-order valence-electron chi connectivity index (χ3n) is 5.22. The predicted molar refractivity (Wildman–Crippen MR) is 106 cm³/mol. The summed E-state index contributed by atoms with van der Waals surface area (Å²) >= 11 is 0. The molecule has 0 atom stereocenters. The maximum Gasteiger partial charge on any atom is 0.177 e. The van der Waals surface area contributed by atoms with E-state index < -0.39 is 0 Å². The monoisotopic (exact) mass is 350 g/mol. The second kappa shape index (κ2) is 6.96. The van der Waals surface area contributed by atoms with E-state index >= 15 is 0 Å². The first-order valence-corrected chi connectivity index (χ1v) is 9.31. The molecule has 0 radical (unpaired) electrons. The highest BCUT2D eigenvalue weighted by atomic mass is 15.3. The number of aryl methyl sites for hydroxylation is 1. The third-order valence-corrected chi connectivity index (χ3v) is 5.22. The molecule has 6 heteroatoms. The molecule has 1 saturated carbocycles. The fraction of sp³-hybridized carbons (Fsp3) is 0.400. The van der Waals surface area contributed by atoms with Gasteiger partial charge in [-0.3, -0.25) is 0 Å². The first-order valence-electron chi connectivity index (χ1n) is 9.31. The number of fused-ring (bicyclic) bond motifs is 1. The Balaban J connectivity index is 1.71. The summed E-state index contributed by atoms with van der Waals surface area (Å²) in [5.74, 6) is 0.914. The average Bonchev–Trinajstić information content (AvgIpc) is 3.02. The fourth-order valence-corrected chi connectivity index (χ4v) is 3.60. The van der Waals surface area contributed by atoms with Gasteiger partial charge in [0.05, 0.1) is 17.6 Å². The minimum Gasteiger partial charge on any atom is -0.366 e. The molecule has 1 aromatic carbocycles. The molecule has 0 saturated heterocycles. The van der Waals surface area contributed by atoms with Crippen molar-refractivity contribution in [3.8, 4) is 0 Å². The number of rotatable bonds is 4. The maximum atomic E-state index is 6.04. The quantitative estimate of drug-likeness (QED) is 0.667. The molecule has 0 spiro atoms. The van der Waals surface area contributed by atoms with Gasteiger partial charge < -0.3 is 16.4 Å². The van der Waals surface area contributed by atoms with Crippen LogP contribution in [0.15, 0.2) is 36.5 Å². The number of imidazole rings is 1. The molecule has 0 aliphatic heterocycles. The van der Waals surface area contributed by atoms with E-state index in [2.05, 4.69) is 34.7 Å². The smallest absolute Gasteiger partial charge is 0.177 e. The Morgan fingerprint density at radius 3 is 2.54 bits per heavy atom. The van der Waals surface area contributed by atoms with Crippen molar-refractivity contribution in [3.63, 3.8) is 0 Å². The van der Waals surface area contributed by atoms with Crippen LogP contribution in [0.2, 0.25) is 0 Å². The molecular weight excluding hydrogens is 324 g/mol. The van der Waals surface area contributed by atoms with E-state index in [4.69, 9.17) is 10.8 Å². The molecular formula is C20H26N6. The third kappa shape index (κ3) is 3.24. The highest BCUT2D eigenvalue weighted by molar-refractivity contribution is 5.80. The summed E-state index contributed by atoms with van der Waals surface area (Å²) < 4.78 is 1.91. The van der Waals surface area contributed by atoms with Crippen molar-refractivity contribution < 1.29 is 0 Å². The van der Waals surface area contributed by atoms with Gasteiger partial charge in [0, 0.05) is 23.3 Å². The van der Waals surface area contributed by atoms with Crippen molar-refractivity contribution in [1.82, 2.24) is 14.6 Å². The molecule has 2 heterocycles. The molecule has 0 unspecified atom stereocenters. The Kier molecular flexibility index (Phi) is 4.51. The lowest BCUT2D eigenvalue weighted by Gasteiger charge is -2.28. The molecule has 136 valence electrons. The Hall–Kier alpha value is -2.60. The van der Waals surface area contributed by atoms with Gasteiger partial charge in [-0.2, -0.15) is 0 Å². The van der Waals surface area contributed by atoms with E-state index in [1.165, 1.54) is 0 Å². The van der Waals surface area contributed by atoms with Gasteiger partial charge in [0.25, 0.3) is 0 Å². The zero-order valence-corrected chi connectivity index (χ0v) is 15.4. The molecule has 0 amide bonds. The Morgan fingerprint density at radius 2 is 1.81 bits per heavy atom. The van der Waals surface area contributed by atoms with Crippen LogP contribution in [0.3, 0.4) is 0 Å². The van der Waals surface area contributed by atoms with Crippen LogP contribution in [0.5, 0.6) is 0 Å². The molecule has 1 aliphatic rings. The van der Waals surface area contributed by atoms with Crippen LogP contribution in [0.1, 0.15) is 36.9 Å². The van der Waals surface area contributed by atoms with E-state index in [0.29, 0.717) is 12.1 Å². The molecule has 1 aliphatic carbocycles. The number of anilines is 3. The molecule has 6 nitrogen and oxygen atoms in total. The predicted octanol–water partition coefficient (Wildman–Crippen LogP) is 3.77. The standard InChI is InChI=1S/C20H26N6/c1-13-12-22-20-18(23-16-6-4-3-5-7-16)14(2)19(25-26(13)20)24-17-10-8-15(21)9-11-17/h3-7,12,15,17,23H,8-11,21H2,1-2H3,(H,24,25). The maximum absolute atomic E-state index is 6.04. The van der Waals surface area contributed by atoms with Crippen LogP contribution in [-0.4, -0.2) is 26.7 Å². The Bertz CT molecular complexity index is 894. The summed E-state index contributed by atoms with van der Waals surface area (Å²) in [6, 6.07) is 10.9. The first kappa shape index (κ1) is 16.8. The van der Waals surface area contributed by atoms with Crippen molar-refractivity contribution in [2.75, 3.05) is 10.6 Å². The van der Waals surface area contributed by atoms with Gasteiger partial charge in [0.2, 0.25) is 0 Å². The topological polar surface area (TPSA) is 80.3 Å². The zero-order chi connectivity index (χ0) is 18.1. The van der Waals surface area contributed by atoms with Gasteiger partial charge in [-0.25, -0.2) is 9.50 Å². The number of nitrogens with zero attached hydrogens (tertiary/aromatic N) is 3. The summed E-state index contributed by atoms with van der Waals surface area (Å²) in [4.78, 5) is 4.57. The number of benzene rings is 1. The van der Waals surface area contributed by atoms with E-state index in [1.807, 2.05) is 35.8 Å². The highest BCUT2D eigenvalue weighted by Crippen LogP contribution is 2.31. The van der Waals surface area contributed by atoms with Crippen LogP contribution < -0.4 is 16.4 Å². The minimum atomic E-state index is 0.343. The van der Waals surface area contributed by atoms with Gasteiger partial charge in [-0.15, -0.1) is 5.10 Å². The lowest BCUT2D eigenvalue weighted by Crippen LogP contribution is -2.33. The molecule has 2 aromatic heterocycles. The van der Waals surface area contributed by atoms with Crippen LogP contribution >= 0.6 is 0 Å². The summed E-state index contributed by atoms with van der Waals surface area (Å²) in [6.07, 6.45) is 6.17. The average molecular weight is 350 g/mol. The normalized spacial score (nSPS) is 20.3. The first-order chi connectivity index (χ1) is 12.6. The molecule has 26 heavy (non-hydrogen) atoms. The van der Waals surface area contributed by atoms with Crippen LogP contribution in [0.25, 0.3) is 5.65 Å². The fourth-order valence-electron chi connectivity index (χ4n) is 3.60. The van der Waals surface area contributed by atoms with Crippen molar-refractivity contribution in [1.29, 1.82) is 0 Å². The molecule has 3 aromatic rings. The highest BCUT2D eigenvalue weighted by Gasteiger charge is 2.21. The Morgan fingerprint density at radius 1 is 1.08 bits per heavy atom. The number of nitrogens with one attached hydrogen (secondary N) is 2. The number of hydrogen-bond donors (Lipinski definition) is 3. The van der Waals surface area contributed by atoms with Crippen LogP contribution in [0.4, 0.5) is 17.2 Å². The molecule has 4 N–H and O–H groups in total. The second-order valence-electron chi connectivity index (χ2n) is 7.23. The van der Waals surface area contributed by atoms with Gasteiger partial charge in [0.15, 0.2) is 11.5 Å². The van der Waals surface area contributed by atoms with Gasteiger partial charge in [0.1, 0.15) is 0 Å². The number of aromatic nitrogens is 3. The summed E-state index contributed by atoms with van der Waals surface area (Å²) in [5.41, 5.74) is 11.0. The number of hydrogen-bond acceptors (Lipinski definition) is 5. The van der Waals surface area contributed by atoms with Gasteiger partial charge in [-0.1, -0.05) is 18.2 Å². The second-order valence-corrected chi connectivity index (χ2v) is 7.23. The van der Waals surface area contributed by atoms with E-state index in [9.17, 15) is 0 Å². The zero-order valence-electron chi connectivity index (χ0n) is 15.4. The summed E-state index contributed by atoms with van der Waals surface area (Å²) in [5, 5.41) is 12.0. The largest absolute Gasteiger partial charge is 0.366 e. The van der Waals surface area contributed by atoms with E-state index in [1.54, 1.807) is 0 Å². The number of para-hydroxylation sites is 1. The van der Waals surface area contributed by atoms with Crippen LogP contribution in [0, 0.1) is 13.8 Å². The van der Waals surface area contributed by atoms with E-state index in [0.717, 1.165) is 59.8 Å². The lowest BCUT2D eigenvalue weighted by atomic mass is 9.92. The summed E-state index contributed by atoms with van der Waals surface area (Å²) in [6.45, 7) is 4.12. The molecule has 0 bridgehead atoms. The molecule has 1 fully saturated rings. The van der Waals surface area contributed by atoms with Crippen molar-refractivity contribution in [3.05, 3.63) is 47.8 Å². The molecule has 4 rings (SSSR count). The lowest BCUT2D eigenvalue weighted by molar-refractivity contribution is 0.410. The van der Waals surface area contributed by atoms with Crippen molar-refractivity contribution in [2.45, 2.75) is 51.6 Å². The SMILES string of the molecule is Cc1c(NC2CCC(N)CC2)nn2c(C)cnc2c1Nc1ccccc1. The van der Waals surface area contributed by atoms with Crippen LogP contribution in [-0.2, 0) is 0 Å².